The summed E-state index contributed by atoms with van der Waals surface area (Å²) in [5, 5.41) is 3.77. The number of ether oxygens (including phenoxy) is 1. The summed E-state index contributed by atoms with van der Waals surface area (Å²) in [7, 11) is 0. The van der Waals surface area contributed by atoms with Crippen LogP contribution in [0.15, 0.2) is 30.4 Å². The molecule has 0 radical (unpaired) electrons. The molecule has 0 aromatic carbocycles. The molecule has 0 N–H and O–H groups in total. The van der Waals surface area contributed by atoms with Gasteiger partial charge in [-0.1, -0.05) is 0 Å². The van der Waals surface area contributed by atoms with Gasteiger partial charge in [0.25, 0.3) is 0 Å². The standard InChI is InChI=1S/C9H9F3N2O2/c1-6(14-4-2-3-13-14)16-8(15)5-7(10)9(11)12/h2-4,6H,5H2,1H3. The van der Waals surface area contributed by atoms with E-state index in [4.69, 9.17) is 0 Å². The number of rotatable bonds is 4. The third-order valence-corrected chi connectivity index (χ3v) is 1.70. The van der Waals surface area contributed by atoms with Gasteiger partial charge in [-0.05, 0) is 13.0 Å². The molecule has 1 unspecified atom stereocenters. The van der Waals surface area contributed by atoms with E-state index in [0.29, 0.717) is 0 Å². The summed E-state index contributed by atoms with van der Waals surface area (Å²) in [5.41, 5.74) is 0. The Balaban J connectivity index is 2.50. The predicted octanol–water partition coefficient (Wildman–Crippen LogP) is 2.41. The SMILES string of the molecule is CC(OC(=O)CC(F)=C(F)F)n1cccn1. The van der Waals surface area contributed by atoms with E-state index in [0.717, 1.165) is 0 Å². The summed E-state index contributed by atoms with van der Waals surface area (Å²) in [5.74, 6) is -2.86. The van der Waals surface area contributed by atoms with E-state index in [1.165, 1.54) is 24.0 Å². The number of carbonyl (C=O) groups excluding carboxylic acids is 1. The third kappa shape index (κ3) is 3.41. The lowest BCUT2D eigenvalue weighted by Gasteiger charge is -2.12. The van der Waals surface area contributed by atoms with Crippen LogP contribution in [-0.4, -0.2) is 15.7 Å². The molecular weight excluding hydrogens is 225 g/mol. The molecule has 0 aliphatic rings. The highest BCUT2D eigenvalue weighted by Crippen LogP contribution is 2.15. The fourth-order valence-corrected chi connectivity index (χ4v) is 0.975. The topological polar surface area (TPSA) is 44.1 Å². The lowest BCUT2D eigenvalue weighted by Crippen LogP contribution is -2.15. The van der Waals surface area contributed by atoms with Gasteiger partial charge in [0, 0.05) is 12.4 Å². The molecule has 0 aliphatic heterocycles. The molecule has 0 fully saturated rings. The van der Waals surface area contributed by atoms with Gasteiger partial charge < -0.3 is 4.74 Å². The second-order valence-corrected chi connectivity index (χ2v) is 2.92. The van der Waals surface area contributed by atoms with Crippen molar-refractivity contribution in [3.8, 4) is 0 Å². The minimum absolute atomic E-state index is 0.766. The summed E-state index contributed by atoms with van der Waals surface area (Å²) in [6.07, 6.45) is -1.36. The van der Waals surface area contributed by atoms with Crippen LogP contribution in [0.5, 0.6) is 0 Å². The summed E-state index contributed by atoms with van der Waals surface area (Å²) >= 11 is 0. The Bertz CT molecular complexity index is 385. The molecule has 0 bridgehead atoms. The average molecular weight is 234 g/mol. The van der Waals surface area contributed by atoms with Crippen LogP contribution in [-0.2, 0) is 9.53 Å². The molecule has 1 aromatic heterocycles. The second kappa shape index (κ2) is 5.34. The lowest BCUT2D eigenvalue weighted by molar-refractivity contribution is -0.152. The Morgan fingerprint density at radius 1 is 1.50 bits per heavy atom. The van der Waals surface area contributed by atoms with Crippen molar-refractivity contribution in [1.29, 1.82) is 0 Å². The maximum atomic E-state index is 12.4. The van der Waals surface area contributed by atoms with Gasteiger partial charge in [0.1, 0.15) is 6.42 Å². The first kappa shape index (κ1) is 12.3. The minimum atomic E-state index is -2.51. The van der Waals surface area contributed by atoms with Crippen molar-refractivity contribution in [2.45, 2.75) is 19.6 Å². The maximum Gasteiger partial charge on any atom is 0.314 e. The van der Waals surface area contributed by atoms with Crippen LogP contribution < -0.4 is 0 Å². The largest absolute Gasteiger partial charge is 0.440 e. The first-order valence-electron chi connectivity index (χ1n) is 4.39. The number of hydrogen-bond donors (Lipinski definition) is 0. The molecule has 0 saturated carbocycles. The van der Waals surface area contributed by atoms with Gasteiger partial charge in [0.2, 0.25) is 0 Å². The zero-order valence-electron chi connectivity index (χ0n) is 8.36. The lowest BCUT2D eigenvalue weighted by atomic mass is 10.4. The first-order valence-corrected chi connectivity index (χ1v) is 4.39. The number of halogens is 3. The van der Waals surface area contributed by atoms with Crippen LogP contribution in [0.1, 0.15) is 19.6 Å². The van der Waals surface area contributed by atoms with Gasteiger partial charge in [-0.3, -0.25) is 4.79 Å². The number of aromatic nitrogens is 2. The van der Waals surface area contributed by atoms with Crippen molar-refractivity contribution in [3.63, 3.8) is 0 Å². The van der Waals surface area contributed by atoms with Crippen LogP contribution in [0.4, 0.5) is 13.2 Å². The summed E-state index contributed by atoms with van der Waals surface area (Å²) in [4.78, 5) is 11.0. The zero-order valence-corrected chi connectivity index (χ0v) is 8.36. The molecule has 1 aromatic rings. The number of carbonyl (C=O) groups is 1. The summed E-state index contributed by atoms with van der Waals surface area (Å²) in [6, 6.07) is 1.60. The van der Waals surface area contributed by atoms with Gasteiger partial charge in [0.15, 0.2) is 12.1 Å². The first-order chi connectivity index (χ1) is 7.50. The van der Waals surface area contributed by atoms with Crippen LogP contribution in [0.3, 0.4) is 0 Å². The van der Waals surface area contributed by atoms with Crippen molar-refractivity contribution in [2.24, 2.45) is 0 Å². The highest BCUT2D eigenvalue weighted by Gasteiger charge is 2.16. The predicted molar refractivity (Wildman–Crippen MR) is 48.0 cm³/mol. The van der Waals surface area contributed by atoms with E-state index in [-0.39, 0.29) is 0 Å². The number of hydrogen-bond acceptors (Lipinski definition) is 3. The molecular formula is C9H9F3N2O2. The second-order valence-electron chi connectivity index (χ2n) is 2.92. The smallest absolute Gasteiger partial charge is 0.314 e. The molecule has 4 nitrogen and oxygen atoms in total. The zero-order chi connectivity index (χ0) is 12.1. The Morgan fingerprint density at radius 2 is 2.19 bits per heavy atom. The summed E-state index contributed by atoms with van der Waals surface area (Å²) < 4.78 is 41.7. The molecule has 1 rings (SSSR count). The Labute approximate surface area is 89.3 Å². The van der Waals surface area contributed by atoms with E-state index in [2.05, 4.69) is 9.84 Å². The normalized spacial score (nSPS) is 12.0. The van der Waals surface area contributed by atoms with Crippen LogP contribution in [0.25, 0.3) is 0 Å². The fraction of sp³-hybridized carbons (Fsp3) is 0.333. The van der Waals surface area contributed by atoms with Crippen molar-refractivity contribution in [1.82, 2.24) is 9.78 Å². The van der Waals surface area contributed by atoms with E-state index in [1.54, 1.807) is 6.07 Å². The molecule has 16 heavy (non-hydrogen) atoms. The van der Waals surface area contributed by atoms with Crippen LogP contribution in [0, 0.1) is 0 Å². The van der Waals surface area contributed by atoms with Crippen molar-refractivity contribution >= 4 is 5.97 Å². The van der Waals surface area contributed by atoms with Crippen molar-refractivity contribution in [2.75, 3.05) is 0 Å². The van der Waals surface area contributed by atoms with Crippen LogP contribution >= 0.6 is 0 Å². The Hall–Kier alpha value is -1.79. The molecule has 1 atom stereocenters. The van der Waals surface area contributed by atoms with Gasteiger partial charge in [0.05, 0.1) is 0 Å². The molecule has 0 aliphatic carbocycles. The highest BCUT2D eigenvalue weighted by atomic mass is 19.3. The summed E-state index contributed by atoms with van der Waals surface area (Å²) in [6.45, 7) is 1.48. The fourth-order valence-electron chi connectivity index (χ4n) is 0.975. The van der Waals surface area contributed by atoms with E-state index in [1.807, 2.05) is 0 Å². The van der Waals surface area contributed by atoms with Gasteiger partial charge in [-0.2, -0.15) is 13.9 Å². The van der Waals surface area contributed by atoms with Crippen LogP contribution in [0.2, 0.25) is 0 Å². The van der Waals surface area contributed by atoms with E-state index < -0.39 is 30.5 Å². The molecule has 0 amide bonds. The number of nitrogens with zero attached hydrogens (tertiary/aromatic N) is 2. The molecule has 7 heteroatoms. The minimum Gasteiger partial charge on any atom is -0.440 e. The van der Waals surface area contributed by atoms with E-state index >= 15 is 0 Å². The molecule has 0 saturated heterocycles. The quantitative estimate of drug-likeness (QED) is 0.751. The average Bonchev–Trinajstić information content (AvgIpc) is 2.69. The van der Waals surface area contributed by atoms with Gasteiger partial charge in [-0.25, -0.2) is 9.07 Å². The van der Waals surface area contributed by atoms with E-state index in [9.17, 15) is 18.0 Å². The van der Waals surface area contributed by atoms with Crippen molar-refractivity contribution < 1.29 is 22.7 Å². The van der Waals surface area contributed by atoms with Gasteiger partial charge >= 0.3 is 12.0 Å². The maximum absolute atomic E-state index is 12.4. The Kier molecular flexibility index (Phi) is 4.10. The Morgan fingerprint density at radius 3 is 2.69 bits per heavy atom. The molecule has 0 spiro atoms. The number of esters is 1. The molecule has 88 valence electrons. The monoisotopic (exact) mass is 234 g/mol. The molecule has 1 heterocycles. The van der Waals surface area contributed by atoms with Crippen molar-refractivity contribution in [3.05, 3.63) is 30.4 Å². The highest BCUT2D eigenvalue weighted by molar-refractivity contribution is 5.71. The van der Waals surface area contributed by atoms with Gasteiger partial charge in [-0.15, -0.1) is 0 Å². The third-order valence-electron chi connectivity index (χ3n) is 1.70.